The lowest BCUT2D eigenvalue weighted by molar-refractivity contribution is 0.632. The van der Waals surface area contributed by atoms with Crippen molar-refractivity contribution in [2.75, 3.05) is 5.73 Å². The summed E-state index contributed by atoms with van der Waals surface area (Å²) in [4.78, 5) is 27.9. The summed E-state index contributed by atoms with van der Waals surface area (Å²) >= 11 is 0. The molecule has 2 heterocycles. The lowest BCUT2D eigenvalue weighted by atomic mass is 10.2. The topological polar surface area (TPSA) is 82.9 Å². The molecule has 2 rings (SSSR count). The number of nitrogen functional groups attached to an aromatic ring is 1. The number of nitrogens with two attached hydrogens (primary N) is 1. The van der Waals surface area contributed by atoms with Crippen LogP contribution in [0.25, 0.3) is 0 Å². The van der Waals surface area contributed by atoms with E-state index < -0.39 is 11.2 Å². The normalized spacial score (nSPS) is 10.6. The molecule has 0 fully saturated rings. The number of anilines is 1. The predicted octanol–water partition coefficient (Wildman–Crippen LogP) is -0.119. The molecule has 2 aromatic rings. The van der Waals surface area contributed by atoms with E-state index >= 15 is 0 Å². The molecule has 0 atom stereocenters. The van der Waals surface area contributed by atoms with Crippen molar-refractivity contribution in [3.8, 4) is 0 Å². The first-order valence-electron chi connectivity index (χ1n) is 5.47. The number of nitrogens with zero attached hydrogens (tertiary/aromatic N) is 3. The number of aryl methyl sites for hydroxylation is 2. The fourth-order valence-electron chi connectivity index (χ4n) is 1.73. The van der Waals surface area contributed by atoms with Gasteiger partial charge in [0.2, 0.25) is 0 Å². The van der Waals surface area contributed by atoms with Crippen LogP contribution in [-0.4, -0.2) is 14.1 Å². The summed E-state index contributed by atoms with van der Waals surface area (Å²) in [6, 6.07) is 3.68. The molecule has 0 amide bonds. The second kappa shape index (κ2) is 4.48. The van der Waals surface area contributed by atoms with Crippen molar-refractivity contribution in [3.63, 3.8) is 0 Å². The lowest BCUT2D eigenvalue weighted by Crippen LogP contribution is -2.40. The molecule has 6 nitrogen and oxygen atoms in total. The molecular formula is C12H14N4O2. The lowest BCUT2D eigenvalue weighted by Gasteiger charge is -2.09. The standard InChI is InChI=1S/C12H14N4O2/c1-8-4-3-5-14-10(8)7-16-11(17)9(13)6-15(2)12(16)18/h3-6H,7,13H2,1-2H3. The average Bonchev–Trinajstić information content (AvgIpc) is 2.34. The zero-order chi connectivity index (χ0) is 13.3. The maximum atomic E-state index is 11.9. The summed E-state index contributed by atoms with van der Waals surface area (Å²) in [5, 5.41) is 0. The van der Waals surface area contributed by atoms with Crippen molar-refractivity contribution >= 4 is 5.69 Å². The second-order valence-electron chi connectivity index (χ2n) is 4.14. The van der Waals surface area contributed by atoms with E-state index in [-0.39, 0.29) is 12.2 Å². The molecule has 2 N–H and O–H groups in total. The number of aromatic nitrogens is 3. The minimum atomic E-state index is -0.483. The van der Waals surface area contributed by atoms with Gasteiger partial charge in [-0.05, 0) is 18.6 Å². The van der Waals surface area contributed by atoms with Gasteiger partial charge >= 0.3 is 5.69 Å². The SMILES string of the molecule is Cc1cccnc1Cn1c(=O)c(N)cn(C)c1=O. The summed E-state index contributed by atoms with van der Waals surface area (Å²) in [5.41, 5.74) is 6.34. The highest BCUT2D eigenvalue weighted by Gasteiger charge is 2.09. The Bertz CT molecular complexity index is 666. The van der Waals surface area contributed by atoms with Crippen LogP contribution < -0.4 is 17.0 Å². The summed E-state index contributed by atoms with van der Waals surface area (Å²) in [6.07, 6.45) is 2.95. The van der Waals surface area contributed by atoms with Gasteiger partial charge in [0, 0.05) is 19.4 Å². The Kier molecular flexibility index (Phi) is 3.01. The molecule has 2 aromatic heterocycles. The first-order chi connectivity index (χ1) is 8.50. The van der Waals surface area contributed by atoms with Crippen molar-refractivity contribution in [1.29, 1.82) is 0 Å². The first-order valence-corrected chi connectivity index (χ1v) is 5.47. The Morgan fingerprint density at radius 1 is 1.39 bits per heavy atom. The van der Waals surface area contributed by atoms with Crippen molar-refractivity contribution in [1.82, 2.24) is 14.1 Å². The monoisotopic (exact) mass is 246 g/mol. The van der Waals surface area contributed by atoms with E-state index in [0.29, 0.717) is 5.69 Å². The predicted molar refractivity (Wildman–Crippen MR) is 68.4 cm³/mol. The smallest absolute Gasteiger partial charge is 0.331 e. The van der Waals surface area contributed by atoms with E-state index in [9.17, 15) is 9.59 Å². The summed E-state index contributed by atoms with van der Waals surface area (Å²) in [7, 11) is 1.56. The van der Waals surface area contributed by atoms with Crippen LogP contribution in [0.15, 0.2) is 34.1 Å². The van der Waals surface area contributed by atoms with Crippen molar-refractivity contribution < 1.29 is 0 Å². The highest BCUT2D eigenvalue weighted by atomic mass is 16.2. The van der Waals surface area contributed by atoms with Crippen LogP contribution in [0.3, 0.4) is 0 Å². The van der Waals surface area contributed by atoms with E-state index in [1.165, 1.54) is 10.8 Å². The van der Waals surface area contributed by atoms with E-state index in [1.54, 1.807) is 19.3 Å². The Labute approximate surface area is 103 Å². The Balaban J connectivity index is 2.57. The van der Waals surface area contributed by atoms with Crippen LogP contribution in [0.4, 0.5) is 5.69 Å². The van der Waals surface area contributed by atoms with Gasteiger partial charge in [-0.1, -0.05) is 6.07 Å². The molecule has 0 aliphatic carbocycles. The Morgan fingerprint density at radius 2 is 2.11 bits per heavy atom. The zero-order valence-electron chi connectivity index (χ0n) is 10.3. The molecule has 0 aromatic carbocycles. The minimum Gasteiger partial charge on any atom is -0.393 e. The number of hydrogen-bond donors (Lipinski definition) is 1. The second-order valence-corrected chi connectivity index (χ2v) is 4.14. The Hall–Kier alpha value is -2.37. The largest absolute Gasteiger partial charge is 0.393 e. The number of hydrogen-bond acceptors (Lipinski definition) is 4. The molecule has 0 bridgehead atoms. The zero-order valence-corrected chi connectivity index (χ0v) is 10.3. The van der Waals surface area contributed by atoms with Crippen molar-refractivity contribution in [2.45, 2.75) is 13.5 Å². The van der Waals surface area contributed by atoms with Gasteiger partial charge in [0.15, 0.2) is 0 Å². The molecular weight excluding hydrogens is 232 g/mol. The molecule has 0 spiro atoms. The van der Waals surface area contributed by atoms with Gasteiger partial charge in [0.25, 0.3) is 5.56 Å². The maximum Gasteiger partial charge on any atom is 0.331 e. The van der Waals surface area contributed by atoms with E-state index in [2.05, 4.69) is 4.98 Å². The van der Waals surface area contributed by atoms with Gasteiger partial charge in [-0.25, -0.2) is 4.79 Å². The summed E-state index contributed by atoms with van der Waals surface area (Å²) in [6.45, 7) is 2.01. The van der Waals surface area contributed by atoms with E-state index in [1.807, 2.05) is 13.0 Å². The molecule has 0 saturated heterocycles. The fourth-order valence-corrected chi connectivity index (χ4v) is 1.73. The quantitative estimate of drug-likeness (QED) is 0.800. The summed E-state index contributed by atoms with van der Waals surface area (Å²) in [5.74, 6) is 0. The highest BCUT2D eigenvalue weighted by molar-refractivity contribution is 5.31. The summed E-state index contributed by atoms with van der Waals surface area (Å²) < 4.78 is 2.37. The molecule has 0 radical (unpaired) electrons. The van der Waals surface area contributed by atoms with Gasteiger partial charge in [-0.3, -0.25) is 14.3 Å². The van der Waals surface area contributed by atoms with Crippen LogP contribution >= 0.6 is 0 Å². The van der Waals surface area contributed by atoms with Crippen molar-refractivity contribution in [3.05, 3.63) is 56.6 Å². The third-order valence-electron chi connectivity index (χ3n) is 2.78. The molecule has 6 heteroatoms. The molecule has 18 heavy (non-hydrogen) atoms. The van der Waals surface area contributed by atoms with Crippen LogP contribution in [0.2, 0.25) is 0 Å². The van der Waals surface area contributed by atoms with Crippen LogP contribution in [0.1, 0.15) is 11.3 Å². The van der Waals surface area contributed by atoms with Crippen molar-refractivity contribution in [2.24, 2.45) is 7.05 Å². The number of rotatable bonds is 2. The fraction of sp³-hybridized carbons (Fsp3) is 0.250. The van der Waals surface area contributed by atoms with E-state index in [0.717, 1.165) is 10.1 Å². The third-order valence-corrected chi connectivity index (χ3v) is 2.78. The highest BCUT2D eigenvalue weighted by Crippen LogP contribution is 2.03. The van der Waals surface area contributed by atoms with Gasteiger partial charge < -0.3 is 10.3 Å². The van der Waals surface area contributed by atoms with Crippen LogP contribution in [0.5, 0.6) is 0 Å². The van der Waals surface area contributed by atoms with Gasteiger partial charge in [0.1, 0.15) is 5.69 Å². The Morgan fingerprint density at radius 3 is 2.78 bits per heavy atom. The van der Waals surface area contributed by atoms with Gasteiger partial charge in [0.05, 0.1) is 12.2 Å². The maximum absolute atomic E-state index is 11.9. The first kappa shape index (κ1) is 12.1. The van der Waals surface area contributed by atoms with E-state index in [4.69, 9.17) is 5.73 Å². The molecule has 0 aliphatic rings. The average molecular weight is 246 g/mol. The molecule has 0 aliphatic heterocycles. The molecule has 94 valence electrons. The van der Waals surface area contributed by atoms with Gasteiger partial charge in [-0.15, -0.1) is 0 Å². The minimum absolute atomic E-state index is 0.0469. The number of pyridine rings is 1. The molecule has 0 unspecified atom stereocenters. The van der Waals surface area contributed by atoms with Gasteiger partial charge in [-0.2, -0.15) is 0 Å². The van der Waals surface area contributed by atoms with Crippen LogP contribution in [0, 0.1) is 6.92 Å². The third kappa shape index (κ3) is 2.04. The molecule has 0 saturated carbocycles. The van der Waals surface area contributed by atoms with Crippen LogP contribution in [-0.2, 0) is 13.6 Å².